The van der Waals surface area contributed by atoms with Crippen molar-refractivity contribution < 1.29 is 4.74 Å². The lowest BCUT2D eigenvalue weighted by molar-refractivity contribution is 0.429. The molecule has 69 heavy (non-hydrogen) atoms. The highest BCUT2D eigenvalue weighted by Crippen LogP contribution is 2.67. The molecule has 0 fully saturated rings. The lowest BCUT2D eigenvalue weighted by Gasteiger charge is -2.51. The molecular weight excluding hydrogens is 837 g/mol. The molecule has 10 aromatic carbocycles. The van der Waals surface area contributed by atoms with E-state index in [4.69, 9.17) is 14.7 Å². The Balaban J connectivity index is 0.948. The van der Waals surface area contributed by atoms with E-state index >= 15 is 0 Å². The molecule has 0 unspecified atom stereocenters. The first-order valence-corrected chi connectivity index (χ1v) is 23.7. The SMILES string of the molecule is c1ccc(-c2cc(-c3cccc(-c4ccc5c(c4)Oc4ccccc4C54c5ccccc5C5(c6ccccc6-c6ccccc65)c5ccccc54)c3)nc(-c3ccccc3-c3ccccc3)n2)cc1. The van der Waals surface area contributed by atoms with Gasteiger partial charge in [-0.25, -0.2) is 9.97 Å². The minimum atomic E-state index is -0.670. The molecule has 2 spiro atoms. The summed E-state index contributed by atoms with van der Waals surface area (Å²) < 4.78 is 7.10. The highest BCUT2D eigenvalue weighted by atomic mass is 16.5. The van der Waals surface area contributed by atoms with Crippen LogP contribution in [0.4, 0.5) is 0 Å². The van der Waals surface area contributed by atoms with Crippen LogP contribution in [0.15, 0.2) is 255 Å². The number of hydrogen-bond acceptors (Lipinski definition) is 3. The van der Waals surface area contributed by atoms with Crippen molar-refractivity contribution in [3.8, 4) is 78.8 Å². The Morgan fingerprint density at radius 2 is 0.667 bits per heavy atom. The summed E-state index contributed by atoms with van der Waals surface area (Å²) in [6, 6.07) is 92.1. The Hall–Kier alpha value is -8.92. The predicted octanol–water partition coefficient (Wildman–Crippen LogP) is 16.0. The Kier molecular flexibility index (Phi) is 8.71. The molecule has 2 heterocycles. The summed E-state index contributed by atoms with van der Waals surface area (Å²) in [6.45, 7) is 0. The Morgan fingerprint density at radius 1 is 0.246 bits per heavy atom. The van der Waals surface area contributed by atoms with Gasteiger partial charge in [0.15, 0.2) is 5.82 Å². The molecule has 0 saturated heterocycles. The molecule has 11 aromatic rings. The van der Waals surface area contributed by atoms with Gasteiger partial charge in [-0.05, 0) is 91.0 Å². The molecule has 3 nitrogen and oxygen atoms in total. The lowest BCUT2D eigenvalue weighted by atomic mass is 9.51. The molecule has 2 aliphatic carbocycles. The van der Waals surface area contributed by atoms with Crippen LogP contribution in [0.3, 0.4) is 0 Å². The van der Waals surface area contributed by atoms with Crippen LogP contribution in [0.25, 0.3) is 67.3 Å². The number of rotatable bonds is 5. The molecule has 0 radical (unpaired) electrons. The third-order valence-electron chi connectivity index (χ3n) is 14.9. The molecule has 1 aliphatic heterocycles. The van der Waals surface area contributed by atoms with Gasteiger partial charge in [-0.15, -0.1) is 0 Å². The van der Waals surface area contributed by atoms with E-state index in [0.29, 0.717) is 5.82 Å². The van der Waals surface area contributed by atoms with E-state index < -0.39 is 10.8 Å². The fraction of sp³-hybridized carbons (Fsp3) is 0.0303. The molecular formula is C66H42N2O. The molecule has 0 atom stereocenters. The summed E-state index contributed by atoms with van der Waals surface area (Å²) >= 11 is 0. The standard InChI is InChI=1S/C66H42N2O/c1-3-20-43(21-4-1)48-26-7-8-29-51(48)64-67-60(44-22-5-2-6-23-44)42-61(68-64)47-25-19-24-45(40-47)46-38-39-59-63(41-46)69-62-37-18-17-36-58(62)66(59)56-34-15-13-32-54(56)65(55-33-14-16-35-57(55)66)52-30-11-9-27-49(52)50-28-10-12-31-53(50)65/h1-42H. The minimum absolute atomic E-state index is 0.510. The Labute approximate surface area is 401 Å². The van der Waals surface area contributed by atoms with Crippen molar-refractivity contribution in [3.05, 3.63) is 299 Å². The lowest BCUT2D eigenvalue weighted by Crippen LogP contribution is -2.45. The molecule has 1 aromatic heterocycles. The van der Waals surface area contributed by atoms with Crippen LogP contribution in [0.2, 0.25) is 0 Å². The molecule has 322 valence electrons. The van der Waals surface area contributed by atoms with Gasteiger partial charge in [-0.1, -0.05) is 231 Å². The zero-order valence-electron chi connectivity index (χ0n) is 37.6. The normalized spacial score (nSPS) is 13.9. The van der Waals surface area contributed by atoms with E-state index in [0.717, 1.165) is 73.0 Å². The van der Waals surface area contributed by atoms with Gasteiger partial charge >= 0.3 is 0 Å². The van der Waals surface area contributed by atoms with Crippen LogP contribution in [0.5, 0.6) is 11.5 Å². The van der Waals surface area contributed by atoms with Crippen molar-refractivity contribution in [2.75, 3.05) is 0 Å². The topological polar surface area (TPSA) is 35.0 Å². The average molecular weight is 879 g/mol. The number of fused-ring (bicyclic) bond motifs is 15. The van der Waals surface area contributed by atoms with Crippen LogP contribution >= 0.6 is 0 Å². The highest BCUT2D eigenvalue weighted by molar-refractivity contribution is 5.91. The third-order valence-corrected chi connectivity index (χ3v) is 14.9. The molecule has 14 rings (SSSR count). The van der Waals surface area contributed by atoms with Gasteiger partial charge in [0.05, 0.1) is 22.2 Å². The summed E-state index contributed by atoms with van der Waals surface area (Å²) in [5.41, 5.74) is 20.5. The van der Waals surface area contributed by atoms with Crippen molar-refractivity contribution >= 4 is 0 Å². The van der Waals surface area contributed by atoms with Crippen molar-refractivity contribution in [1.82, 2.24) is 9.97 Å². The number of nitrogens with zero attached hydrogens (tertiary/aromatic N) is 2. The quantitative estimate of drug-likeness (QED) is 0.173. The number of para-hydroxylation sites is 1. The second kappa shape index (κ2) is 15.3. The van der Waals surface area contributed by atoms with Gasteiger partial charge in [0.2, 0.25) is 0 Å². The minimum Gasteiger partial charge on any atom is -0.457 e. The fourth-order valence-electron chi connectivity index (χ4n) is 12.1. The van der Waals surface area contributed by atoms with E-state index in [-0.39, 0.29) is 0 Å². The molecule has 0 amide bonds. The van der Waals surface area contributed by atoms with Gasteiger partial charge in [-0.2, -0.15) is 0 Å². The summed E-state index contributed by atoms with van der Waals surface area (Å²) in [4.78, 5) is 10.6. The number of aromatic nitrogens is 2. The number of benzene rings is 10. The van der Waals surface area contributed by atoms with Gasteiger partial charge in [-0.3, -0.25) is 0 Å². The van der Waals surface area contributed by atoms with E-state index in [9.17, 15) is 0 Å². The van der Waals surface area contributed by atoms with E-state index in [1.807, 2.05) is 12.1 Å². The number of hydrogen-bond donors (Lipinski definition) is 0. The molecule has 3 aliphatic rings. The van der Waals surface area contributed by atoms with Crippen LogP contribution in [0, 0.1) is 0 Å². The Bertz CT molecular complexity index is 3740. The van der Waals surface area contributed by atoms with Crippen LogP contribution in [-0.2, 0) is 10.8 Å². The zero-order chi connectivity index (χ0) is 45.5. The van der Waals surface area contributed by atoms with Crippen LogP contribution < -0.4 is 4.74 Å². The maximum absolute atomic E-state index is 7.10. The maximum atomic E-state index is 7.10. The number of ether oxygens (including phenoxy) is 1. The molecule has 0 N–H and O–H groups in total. The largest absolute Gasteiger partial charge is 0.457 e. The van der Waals surface area contributed by atoms with Gasteiger partial charge in [0.25, 0.3) is 0 Å². The van der Waals surface area contributed by atoms with Crippen molar-refractivity contribution in [3.63, 3.8) is 0 Å². The maximum Gasteiger partial charge on any atom is 0.161 e. The second-order valence-corrected chi connectivity index (χ2v) is 18.3. The van der Waals surface area contributed by atoms with Crippen molar-refractivity contribution in [2.45, 2.75) is 10.8 Å². The van der Waals surface area contributed by atoms with E-state index in [2.05, 4.69) is 243 Å². The predicted molar refractivity (Wildman–Crippen MR) is 278 cm³/mol. The van der Waals surface area contributed by atoms with Gasteiger partial charge < -0.3 is 4.74 Å². The molecule has 0 saturated carbocycles. The average Bonchev–Trinajstić information content (AvgIpc) is 3.73. The smallest absolute Gasteiger partial charge is 0.161 e. The summed E-state index contributed by atoms with van der Waals surface area (Å²) in [7, 11) is 0. The zero-order valence-corrected chi connectivity index (χ0v) is 37.6. The molecule has 3 heteroatoms. The first-order valence-electron chi connectivity index (χ1n) is 23.7. The van der Waals surface area contributed by atoms with Crippen molar-refractivity contribution in [2.24, 2.45) is 0 Å². The highest BCUT2D eigenvalue weighted by Gasteiger charge is 2.58. The van der Waals surface area contributed by atoms with Gasteiger partial charge in [0.1, 0.15) is 11.5 Å². The van der Waals surface area contributed by atoms with E-state index in [1.165, 1.54) is 44.5 Å². The summed E-state index contributed by atoms with van der Waals surface area (Å²) in [6.07, 6.45) is 0. The Morgan fingerprint density at radius 3 is 1.29 bits per heavy atom. The second-order valence-electron chi connectivity index (χ2n) is 18.3. The fourth-order valence-corrected chi connectivity index (χ4v) is 12.1. The van der Waals surface area contributed by atoms with Crippen LogP contribution in [0.1, 0.15) is 44.5 Å². The van der Waals surface area contributed by atoms with Gasteiger partial charge in [0, 0.05) is 27.8 Å². The van der Waals surface area contributed by atoms with E-state index in [1.54, 1.807) is 0 Å². The first-order chi connectivity index (χ1) is 34.2. The summed E-state index contributed by atoms with van der Waals surface area (Å²) in [5, 5.41) is 0. The molecule has 0 bridgehead atoms. The van der Waals surface area contributed by atoms with Crippen molar-refractivity contribution in [1.29, 1.82) is 0 Å². The monoisotopic (exact) mass is 878 g/mol. The summed E-state index contributed by atoms with van der Waals surface area (Å²) in [5.74, 6) is 2.39. The first kappa shape index (κ1) is 39.3. The van der Waals surface area contributed by atoms with Crippen LogP contribution in [-0.4, -0.2) is 9.97 Å². The third kappa shape index (κ3) is 5.68.